The first-order valence-electron chi connectivity index (χ1n) is 6.56. The average Bonchev–Trinajstić information content (AvgIpc) is 2.39. The maximum atomic E-state index is 5.72. The highest BCUT2D eigenvalue weighted by molar-refractivity contribution is 5.44. The van der Waals surface area contributed by atoms with Crippen molar-refractivity contribution in [3.63, 3.8) is 0 Å². The van der Waals surface area contributed by atoms with E-state index in [0.717, 1.165) is 18.7 Å². The van der Waals surface area contributed by atoms with Gasteiger partial charge in [-0.15, -0.1) is 0 Å². The van der Waals surface area contributed by atoms with Crippen molar-refractivity contribution in [1.82, 2.24) is 5.32 Å². The van der Waals surface area contributed by atoms with Gasteiger partial charge in [-0.05, 0) is 62.5 Å². The minimum Gasteiger partial charge on any atom is -0.496 e. The number of ether oxygens (including phenoxy) is 1. The fourth-order valence-electron chi connectivity index (χ4n) is 2.31. The van der Waals surface area contributed by atoms with Crippen LogP contribution in [0.1, 0.15) is 36.1 Å². The zero-order valence-electron chi connectivity index (χ0n) is 12.2. The Hall–Kier alpha value is -1.06. The molecule has 102 valence electrons. The smallest absolute Gasteiger partial charge is 0.122 e. The van der Waals surface area contributed by atoms with E-state index in [1.807, 2.05) is 7.05 Å². The zero-order chi connectivity index (χ0) is 13.7. The number of hydrogen-bond donors (Lipinski definition) is 2. The Morgan fingerprint density at radius 1 is 1.28 bits per heavy atom. The zero-order valence-corrected chi connectivity index (χ0v) is 12.2. The molecule has 0 aliphatic carbocycles. The predicted molar refractivity (Wildman–Crippen MR) is 77.1 cm³/mol. The lowest BCUT2D eigenvalue weighted by Crippen LogP contribution is -2.23. The number of hydrogen-bond acceptors (Lipinski definition) is 3. The fourth-order valence-corrected chi connectivity index (χ4v) is 2.31. The highest BCUT2D eigenvalue weighted by Crippen LogP contribution is 2.30. The Bertz CT molecular complexity index is 390. The monoisotopic (exact) mass is 250 g/mol. The van der Waals surface area contributed by atoms with E-state index < -0.39 is 0 Å². The molecule has 0 heterocycles. The van der Waals surface area contributed by atoms with Crippen LogP contribution < -0.4 is 15.8 Å². The molecule has 0 bridgehead atoms. The summed E-state index contributed by atoms with van der Waals surface area (Å²) in [6.07, 6.45) is 1.06. The van der Waals surface area contributed by atoms with Crippen LogP contribution in [0.4, 0.5) is 0 Å². The molecule has 0 aromatic heterocycles. The largest absolute Gasteiger partial charge is 0.496 e. The number of methoxy groups -OCH3 is 1. The Labute approximate surface area is 111 Å². The third-order valence-corrected chi connectivity index (χ3v) is 3.76. The summed E-state index contributed by atoms with van der Waals surface area (Å²) >= 11 is 0. The van der Waals surface area contributed by atoms with Gasteiger partial charge in [0, 0.05) is 6.04 Å². The van der Waals surface area contributed by atoms with Crippen molar-refractivity contribution in [2.24, 2.45) is 11.7 Å². The molecule has 0 amide bonds. The van der Waals surface area contributed by atoms with Crippen LogP contribution in [0.25, 0.3) is 0 Å². The van der Waals surface area contributed by atoms with E-state index >= 15 is 0 Å². The molecule has 1 aromatic carbocycles. The molecule has 0 aliphatic heterocycles. The second kappa shape index (κ2) is 6.76. The minimum atomic E-state index is 0.355. The topological polar surface area (TPSA) is 47.3 Å². The van der Waals surface area contributed by atoms with Gasteiger partial charge in [-0.3, -0.25) is 0 Å². The molecule has 18 heavy (non-hydrogen) atoms. The first-order valence-corrected chi connectivity index (χ1v) is 6.56. The van der Waals surface area contributed by atoms with Gasteiger partial charge in [0.1, 0.15) is 5.75 Å². The number of nitrogens with one attached hydrogen (secondary N) is 1. The van der Waals surface area contributed by atoms with Gasteiger partial charge in [0.05, 0.1) is 7.11 Å². The van der Waals surface area contributed by atoms with Crippen LogP contribution in [-0.4, -0.2) is 20.7 Å². The molecule has 0 saturated heterocycles. The van der Waals surface area contributed by atoms with Crippen molar-refractivity contribution in [3.8, 4) is 5.75 Å². The van der Waals surface area contributed by atoms with Gasteiger partial charge in [-0.2, -0.15) is 0 Å². The van der Waals surface area contributed by atoms with Crippen LogP contribution in [-0.2, 0) is 0 Å². The minimum absolute atomic E-state index is 0.355. The number of nitrogens with two attached hydrogens (primary N) is 1. The molecule has 0 fully saturated rings. The molecule has 2 atom stereocenters. The van der Waals surface area contributed by atoms with Gasteiger partial charge < -0.3 is 15.8 Å². The van der Waals surface area contributed by atoms with Gasteiger partial charge >= 0.3 is 0 Å². The summed E-state index contributed by atoms with van der Waals surface area (Å²) in [5.41, 5.74) is 9.58. The van der Waals surface area contributed by atoms with Crippen LogP contribution in [0, 0.1) is 19.8 Å². The summed E-state index contributed by atoms with van der Waals surface area (Å²) in [5, 5.41) is 3.39. The summed E-state index contributed by atoms with van der Waals surface area (Å²) in [7, 11) is 3.72. The van der Waals surface area contributed by atoms with Gasteiger partial charge in [0.2, 0.25) is 0 Å². The Kier molecular flexibility index (Phi) is 5.63. The molecule has 3 N–H and O–H groups in total. The predicted octanol–water partition coefficient (Wildman–Crippen LogP) is 2.56. The summed E-state index contributed by atoms with van der Waals surface area (Å²) in [5.74, 6) is 1.47. The van der Waals surface area contributed by atoms with E-state index in [1.54, 1.807) is 7.11 Å². The summed E-state index contributed by atoms with van der Waals surface area (Å²) in [4.78, 5) is 0. The lowest BCUT2D eigenvalue weighted by atomic mass is 9.91. The lowest BCUT2D eigenvalue weighted by molar-refractivity contribution is 0.408. The van der Waals surface area contributed by atoms with E-state index in [2.05, 4.69) is 38.2 Å². The lowest BCUT2D eigenvalue weighted by Gasteiger charge is -2.23. The fraction of sp³-hybridized carbons (Fsp3) is 0.600. The van der Waals surface area contributed by atoms with Crippen molar-refractivity contribution in [3.05, 3.63) is 28.8 Å². The van der Waals surface area contributed by atoms with Crippen LogP contribution in [0.15, 0.2) is 12.1 Å². The summed E-state index contributed by atoms with van der Waals surface area (Å²) in [6, 6.07) is 4.56. The van der Waals surface area contributed by atoms with E-state index in [0.29, 0.717) is 12.0 Å². The van der Waals surface area contributed by atoms with Crippen LogP contribution >= 0.6 is 0 Å². The maximum absolute atomic E-state index is 5.72. The van der Waals surface area contributed by atoms with Gasteiger partial charge in [-0.25, -0.2) is 0 Å². The Morgan fingerprint density at radius 3 is 2.44 bits per heavy atom. The van der Waals surface area contributed by atoms with Crippen molar-refractivity contribution < 1.29 is 4.74 Å². The third kappa shape index (κ3) is 3.24. The van der Waals surface area contributed by atoms with Crippen LogP contribution in [0.5, 0.6) is 5.75 Å². The van der Waals surface area contributed by atoms with Gasteiger partial charge in [0.15, 0.2) is 0 Å². The third-order valence-electron chi connectivity index (χ3n) is 3.76. The molecular formula is C15H26N2O. The van der Waals surface area contributed by atoms with E-state index in [-0.39, 0.29) is 0 Å². The van der Waals surface area contributed by atoms with Crippen LogP contribution in [0.2, 0.25) is 0 Å². The molecule has 3 heteroatoms. The quantitative estimate of drug-likeness (QED) is 0.815. The molecular weight excluding hydrogens is 224 g/mol. The van der Waals surface area contributed by atoms with Crippen molar-refractivity contribution in [2.45, 2.75) is 33.2 Å². The summed E-state index contributed by atoms with van der Waals surface area (Å²) in [6.45, 7) is 7.18. The van der Waals surface area contributed by atoms with E-state index in [4.69, 9.17) is 10.5 Å². The molecule has 3 nitrogen and oxygen atoms in total. The highest BCUT2D eigenvalue weighted by atomic mass is 16.5. The van der Waals surface area contributed by atoms with E-state index in [9.17, 15) is 0 Å². The molecule has 0 aliphatic rings. The Balaban J connectivity index is 3.03. The average molecular weight is 250 g/mol. The normalized spacial score (nSPS) is 14.3. The first kappa shape index (κ1) is 15.0. The molecule has 0 spiro atoms. The Morgan fingerprint density at radius 2 is 1.94 bits per heavy atom. The SMILES string of the molecule is CNC(CC(C)CN)c1ccc(OC)c(C)c1C. The second-order valence-corrected chi connectivity index (χ2v) is 5.02. The number of rotatable bonds is 6. The standard InChI is InChI=1S/C15H26N2O/c1-10(9-16)8-14(17-4)13-6-7-15(18-5)12(3)11(13)2/h6-7,10,14,17H,8-9,16H2,1-5H3. The van der Waals surface area contributed by atoms with Crippen molar-refractivity contribution >= 4 is 0 Å². The first-order chi connectivity index (χ1) is 8.54. The highest BCUT2D eigenvalue weighted by Gasteiger charge is 2.17. The van der Waals surface area contributed by atoms with Crippen molar-refractivity contribution in [1.29, 1.82) is 0 Å². The van der Waals surface area contributed by atoms with Gasteiger partial charge in [-0.1, -0.05) is 13.0 Å². The van der Waals surface area contributed by atoms with E-state index in [1.165, 1.54) is 16.7 Å². The van der Waals surface area contributed by atoms with Crippen LogP contribution in [0.3, 0.4) is 0 Å². The molecule has 1 rings (SSSR count). The molecule has 0 saturated carbocycles. The number of benzene rings is 1. The summed E-state index contributed by atoms with van der Waals surface area (Å²) < 4.78 is 5.36. The molecule has 1 aromatic rings. The van der Waals surface area contributed by atoms with Crippen molar-refractivity contribution in [2.75, 3.05) is 20.7 Å². The second-order valence-electron chi connectivity index (χ2n) is 5.02. The molecule has 0 radical (unpaired) electrons. The maximum Gasteiger partial charge on any atom is 0.122 e. The van der Waals surface area contributed by atoms with Gasteiger partial charge in [0.25, 0.3) is 0 Å². The molecule has 2 unspecified atom stereocenters.